The van der Waals surface area contributed by atoms with Gasteiger partial charge in [0.2, 0.25) is 0 Å². The molecule has 0 saturated heterocycles. The molecule has 0 fully saturated rings. The monoisotopic (exact) mass is 364 g/mol. The van der Waals surface area contributed by atoms with Gasteiger partial charge in [-0.3, -0.25) is 9.59 Å². The molecule has 0 bridgehead atoms. The van der Waals surface area contributed by atoms with E-state index >= 15 is 0 Å². The van der Waals surface area contributed by atoms with E-state index in [0.717, 1.165) is 4.88 Å². The quantitative estimate of drug-likeness (QED) is 0.475. The number of aromatic hydroxyl groups is 1. The molecule has 6 heteroatoms. The molecule has 0 aliphatic carbocycles. The molecule has 0 atom stereocenters. The second-order valence-electron chi connectivity index (χ2n) is 5.39. The summed E-state index contributed by atoms with van der Waals surface area (Å²) in [6.07, 6.45) is 1.63. The van der Waals surface area contributed by atoms with Crippen molar-refractivity contribution in [3.63, 3.8) is 0 Å². The molecular formula is C20H16N2O3S. The van der Waals surface area contributed by atoms with Crippen LogP contribution in [0.4, 0.5) is 5.69 Å². The van der Waals surface area contributed by atoms with Crippen LogP contribution in [0.2, 0.25) is 0 Å². The molecule has 3 aromatic rings. The highest BCUT2D eigenvalue weighted by Gasteiger charge is 2.15. The second-order valence-corrected chi connectivity index (χ2v) is 6.37. The molecule has 26 heavy (non-hydrogen) atoms. The molecule has 5 nitrogen and oxygen atoms in total. The lowest BCUT2D eigenvalue weighted by Gasteiger charge is -2.11. The predicted molar refractivity (Wildman–Crippen MR) is 103 cm³/mol. The molecule has 0 spiro atoms. The molecule has 3 rings (SSSR count). The van der Waals surface area contributed by atoms with Crippen LogP contribution in [0.25, 0.3) is 6.08 Å². The summed E-state index contributed by atoms with van der Waals surface area (Å²) in [5.41, 5.74) is 1.11. The number of thiophene rings is 1. The van der Waals surface area contributed by atoms with Crippen molar-refractivity contribution in [3.8, 4) is 5.75 Å². The van der Waals surface area contributed by atoms with Crippen LogP contribution in [0, 0.1) is 0 Å². The van der Waals surface area contributed by atoms with Gasteiger partial charge >= 0.3 is 0 Å². The molecule has 1 heterocycles. The maximum Gasteiger partial charge on any atom is 0.272 e. The van der Waals surface area contributed by atoms with Gasteiger partial charge in [-0.25, -0.2) is 0 Å². The predicted octanol–water partition coefficient (Wildman–Crippen LogP) is 3.86. The summed E-state index contributed by atoms with van der Waals surface area (Å²) in [7, 11) is 0. The number of carbonyl (C=O) groups is 2. The number of anilines is 1. The molecule has 2 amide bonds. The van der Waals surface area contributed by atoms with Crippen molar-refractivity contribution in [2.24, 2.45) is 0 Å². The fourth-order valence-corrected chi connectivity index (χ4v) is 2.86. The molecule has 2 aromatic carbocycles. The van der Waals surface area contributed by atoms with Crippen molar-refractivity contribution in [2.75, 3.05) is 5.32 Å². The Kier molecular flexibility index (Phi) is 5.46. The third-order valence-electron chi connectivity index (χ3n) is 3.48. The van der Waals surface area contributed by atoms with Gasteiger partial charge in [0.1, 0.15) is 11.4 Å². The van der Waals surface area contributed by atoms with Gasteiger partial charge in [0.25, 0.3) is 11.8 Å². The Morgan fingerprint density at radius 1 is 0.923 bits per heavy atom. The minimum absolute atomic E-state index is 0.106. The van der Waals surface area contributed by atoms with Crippen LogP contribution in [-0.4, -0.2) is 16.9 Å². The Balaban J connectivity index is 1.82. The number of phenolic OH excluding ortho intramolecular Hbond substituents is 1. The number of hydrogen-bond donors (Lipinski definition) is 3. The maximum atomic E-state index is 12.6. The van der Waals surface area contributed by atoms with Crippen LogP contribution in [-0.2, 0) is 4.79 Å². The van der Waals surface area contributed by atoms with Crippen molar-refractivity contribution >= 4 is 34.9 Å². The average Bonchev–Trinajstić information content (AvgIpc) is 3.17. The second kappa shape index (κ2) is 8.13. The van der Waals surface area contributed by atoms with Gasteiger partial charge in [0, 0.05) is 16.1 Å². The molecule has 0 aliphatic rings. The normalized spacial score (nSPS) is 11.0. The molecule has 130 valence electrons. The summed E-state index contributed by atoms with van der Waals surface area (Å²) >= 11 is 1.46. The largest absolute Gasteiger partial charge is 0.508 e. The Bertz CT molecular complexity index is 917. The van der Waals surface area contributed by atoms with Crippen molar-refractivity contribution in [1.82, 2.24) is 5.32 Å². The molecule has 0 radical (unpaired) electrons. The molecule has 0 aliphatic heterocycles. The molecule has 0 saturated carbocycles. The van der Waals surface area contributed by atoms with Crippen molar-refractivity contribution in [3.05, 3.63) is 88.2 Å². The Morgan fingerprint density at radius 2 is 1.65 bits per heavy atom. The summed E-state index contributed by atoms with van der Waals surface area (Å²) in [5, 5.41) is 16.6. The van der Waals surface area contributed by atoms with E-state index in [1.54, 1.807) is 42.5 Å². The first kappa shape index (κ1) is 17.4. The van der Waals surface area contributed by atoms with Crippen molar-refractivity contribution < 1.29 is 14.7 Å². The zero-order valence-electron chi connectivity index (χ0n) is 13.7. The van der Waals surface area contributed by atoms with Gasteiger partial charge in [-0.1, -0.05) is 24.3 Å². The SMILES string of the molecule is O=C(Nc1ccc(O)cc1)/C(=C\c1cccs1)NC(=O)c1ccccc1. The molecule has 1 aromatic heterocycles. The standard InChI is InChI=1S/C20H16N2O3S/c23-16-10-8-15(9-11-16)21-20(25)18(13-17-7-4-12-26-17)22-19(24)14-5-2-1-3-6-14/h1-13,23H,(H,21,25)(H,22,24)/b18-13+. The lowest BCUT2D eigenvalue weighted by Crippen LogP contribution is -2.30. The zero-order valence-corrected chi connectivity index (χ0v) is 14.5. The minimum atomic E-state index is -0.451. The van der Waals surface area contributed by atoms with Crippen LogP contribution in [0.15, 0.2) is 77.8 Å². The van der Waals surface area contributed by atoms with E-state index in [0.29, 0.717) is 11.3 Å². The highest BCUT2D eigenvalue weighted by atomic mass is 32.1. The Morgan fingerprint density at radius 3 is 2.31 bits per heavy atom. The van der Waals surface area contributed by atoms with Gasteiger partial charge in [-0.05, 0) is 53.9 Å². The number of amides is 2. The first-order valence-electron chi connectivity index (χ1n) is 7.84. The van der Waals surface area contributed by atoms with Gasteiger partial charge < -0.3 is 15.7 Å². The van der Waals surface area contributed by atoms with Crippen LogP contribution in [0.5, 0.6) is 5.75 Å². The highest BCUT2D eigenvalue weighted by Crippen LogP contribution is 2.17. The molecule has 0 unspecified atom stereocenters. The van der Waals surface area contributed by atoms with E-state index in [2.05, 4.69) is 10.6 Å². The van der Waals surface area contributed by atoms with E-state index < -0.39 is 5.91 Å². The number of carbonyl (C=O) groups excluding carboxylic acids is 2. The lowest BCUT2D eigenvalue weighted by atomic mass is 10.2. The summed E-state index contributed by atoms with van der Waals surface area (Å²) in [6.45, 7) is 0. The topological polar surface area (TPSA) is 78.4 Å². The van der Waals surface area contributed by atoms with Crippen LogP contribution in [0.3, 0.4) is 0 Å². The van der Waals surface area contributed by atoms with E-state index in [4.69, 9.17) is 0 Å². The molecule has 3 N–H and O–H groups in total. The molecular weight excluding hydrogens is 348 g/mol. The van der Waals surface area contributed by atoms with Crippen molar-refractivity contribution in [2.45, 2.75) is 0 Å². The zero-order chi connectivity index (χ0) is 18.4. The number of nitrogens with one attached hydrogen (secondary N) is 2. The van der Waals surface area contributed by atoms with Crippen LogP contribution >= 0.6 is 11.3 Å². The highest BCUT2D eigenvalue weighted by molar-refractivity contribution is 7.10. The number of benzene rings is 2. The van der Waals surface area contributed by atoms with Gasteiger partial charge in [0.15, 0.2) is 0 Å². The smallest absolute Gasteiger partial charge is 0.272 e. The summed E-state index contributed by atoms with van der Waals surface area (Å²) in [6, 6.07) is 18.5. The third-order valence-corrected chi connectivity index (χ3v) is 4.30. The summed E-state index contributed by atoms with van der Waals surface area (Å²) in [5.74, 6) is -0.711. The fourth-order valence-electron chi connectivity index (χ4n) is 2.20. The average molecular weight is 364 g/mol. The van der Waals surface area contributed by atoms with Gasteiger partial charge in [-0.15, -0.1) is 11.3 Å². The van der Waals surface area contributed by atoms with E-state index in [-0.39, 0.29) is 17.4 Å². The third kappa shape index (κ3) is 4.58. The van der Waals surface area contributed by atoms with Crippen molar-refractivity contribution in [1.29, 1.82) is 0 Å². The van der Waals surface area contributed by atoms with E-state index in [1.165, 1.54) is 23.5 Å². The first-order chi connectivity index (χ1) is 12.6. The van der Waals surface area contributed by atoms with Gasteiger partial charge in [0.05, 0.1) is 0 Å². The fraction of sp³-hybridized carbons (Fsp3) is 0. The first-order valence-corrected chi connectivity index (χ1v) is 8.72. The Hall–Kier alpha value is -3.38. The summed E-state index contributed by atoms with van der Waals surface area (Å²) in [4.78, 5) is 25.9. The number of phenols is 1. The van der Waals surface area contributed by atoms with E-state index in [1.807, 2.05) is 23.6 Å². The number of hydrogen-bond acceptors (Lipinski definition) is 4. The summed E-state index contributed by atoms with van der Waals surface area (Å²) < 4.78 is 0. The minimum Gasteiger partial charge on any atom is -0.508 e. The number of rotatable bonds is 5. The van der Waals surface area contributed by atoms with Gasteiger partial charge in [-0.2, -0.15) is 0 Å². The Labute approximate surface area is 154 Å². The van der Waals surface area contributed by atoms with Crippen LogP contribution < -0.4 is 10.6 Å². The van der Waals surface area contributed by atoms with E-state index in [9.17, 15) is 14.7 Å². The maximum absolute atomic E-state index is 12.6. The van der Waals surface area contributed by atoms with Crippen LogP contribution in [0.1, 0.15) is 15.2 Å². The lowest BCUT2D eigenvalue weighted by molar-refractivity contribution is -0.113.